The van der Waals surface area contributed by atoms with Gasteiger partial charge in [0.25, 0.3) is 0 Å². The molecule has 0 saturated heterocycles. The van der Waals surface area contributed by atoms with E-state index in [1.54, 1.807) is 6.20 Å². The lowest BCUT2D eigenvalue weighted by atomic mass is 10.2. The van der Waals surface area contributed by atoms with Crippen LogP contribution in [0.1, 0.15) is 18.2 Å². The van der Waals surface area contributed by atoms with Gasteiger partial charge in [-0.2, -0.15) is 0 Å². The molecule has 3 aromatic rings. The van der Waals surface area contributed by atoms with Crippen LogP contribution in [0.4, 0.5) is 0 Å². The van der Waals surface area contributed by atoms with E-state index in [4.69, 9.17) is 14.2 Å². The molecule has 1 heterocycles. The molecular formula is C25H30N2O4. The van der Waals surface area contributed by atoms with E-state index in [0.717, 1.165) is 17.0 Å². The van der Waals surface area contributed by atoms with Gasteiger partial charge < -0.3 is 19.3 Å². The summed E-state index contributed by atoms with van der Waals surface area (Å²) in [6, 6.07) is 21.2. The van der Waals surface area contributed by atoms with Gasteiger partial charge in [0.15, 0.2) is 11.5 Å². The summed E-state index contributed by atoms with van der Waals surface area (Å²) in [5.41, 5.74) is 2.04. The van der Waals surface area contributed by atoms with Crippen molar-refractivity contribution in [3.63, 3.8) is 0 Å². The summed E-state index contributed by atoms with van der Waals surface area (Å²) in [5.74, 6) is 2.14. The van der Waals surface area contributed by atoms with Crippen LogP contribution in [0.25, 0.3) is 0 Å². The topological polar surface area (TPSA) is 64.0 Å². The van der Waals surface area contributed by atoms with E-state index in [2.05, 4.69) is 9.88 Å². The predicted octanol–water partition coefficient (Wildman–Crippen LogP) is 3.93. The average molecular weight is 423 g/mol. The molecule has 0 aliphatic heterocycles. The Morgan fingerprint density at radius 1 is 0.903 bits per heavy atom. The highest BCUT2D eigenvalue weighted by atomic mass is 16.5. The number of aromatic nitrogens is 1. The van der Waals surface area contributed by atoms with Crippen molar-refractivity contribution in [1.29, 1.82) is 0 Å². The van der Waals surface area contributed by atoms with Crippen LogP contribution in [0.5, 0.6) is 17.2 Å². The Bertz CT molecular complexity index is 903. The van der Waals surface area contributed by atoms with Gasteiger partial charge in [-0.15, -0.1) is 0 Å². The molecule has 0 radical (unpaired) electrons. The molecule has 6 nitrogen and oxygen atoms in total. The monoisotopic (exact) mass is 422 g/mol. The van der Waals surface area contributed by atoms with Crippen LogP contribution >= 0.6 is 0 Å². The van der Waals surface area contributed by atoms with Crippen LogP contribution in [0.15, 0.2) is 72.9 Å². The first-order chi connectivity index (χ1) is 15.1. The number of ether oxygens (including phenoxy) is 3. The van der Waals surface area contributed by atoms with E-state index in [0.29, 0.717) is 37.8 Å². The van der Waals surface area contributed by atoms with Crippen molar-refractivity contribution in [3.8, 4) is 17.2 Å². The molecule has 31 heavy (non-hydrogen) atoms. The Labute approximate surface area is 184 Å². The molecule has 1 atom stereocenters. The number of hydrogen-bond acceptors (Lipinski definition) is 6. The van der Waals surface area contributed by atoms with Crippen molar-refractivity contribution in [1.82, 2.24) is 9.88 Å². The van der Waals surface area contributed by atoms with Crippen LogP contribution in [-0.2, 0) is 13.2 Å². The number of rotatable bonds is 12. The minimum Gasteiger partial charge on any atom is -0.490 e. The summed E-state index contributed by atoms with van der Waals surface area (Å²) in [5, 5.41) is 10.4. The lowest BCUT2D eigenvalue weighted by molar-refractivity contribution is 0.0730. The third-order valence-corrected chi connectivity index (χ3v) is 4.59. The van der Waals surface area contributed by atoms with Crippen molar-refractivity contribution >= 4 is 0 Å². The van der Waals surface area contributed by atoms with Gasteiger partial charge in [-0.3, -0.25) is 9.88 Å². The summed E-state index contributed by atoms with van der Waals surface area (Å²) in [7, 11) is 1.98. The van der Waals surface area contributed by atoms with Gasteiger partial charge in [-0.1, -0.05) is 30.3 Å². The molecule has 1 N–H and O–H groups in total. The maximum atomic E-state index is 10.4. The number of pyridine rings is 1. The Kier molecular flexibility index (Phi) is 8.70. The molecule has 1 aromatic heterocycles. The van der Waals surface area contributed by atoms with Gasteiger partial charge in [0.05, 0.1) is 12.3 Å². The smallest absolute Gasteiger partial charge is 0.161 e. The van der Waals surface area contributed by atoms with Crippen LogP contribution in [0, 0.1) is 0 Å². The second-order valence-corrected chi connectivity index (χ2v) is 7.30. The summed E-state index contributed by atoms with van der Waals surface area (Å²) in [4.78, 5) is 6.32. The summed E-state index contributed by atoms with van der Waals surface area (Å²) in [6.07, 6.45) is 1.15. The third-order valence-electron chi connectivity index (χ3n) is 4.59. The van der Waals surface area contributed by atoms with E-state index in [1.165, 1.54) is 0 Å². The normalized spacial score (nSPS) is 11.9. The van der Waals surface area contributed by atoms with Crippen LogP contribution in [0.2, 0.25) is 0 Å². The van der Waals surface area contributed by atoms with E-state index in [-0.39, 0.29) is 6.61 Å². The molecule has 0 aliphatic carbocycles. The first kappa shape index (κ1) is 22.6. The highest BCUT2D eigenvalue weighted by molar-refractivity contribution is 5.39. The first-order valence-electron chi connectivity index (χ1n) is 10.5. The Hall–Kier alpha value is -3.09. The summed E-state index contributed by atoms with van der Waals surface area (Å²) < 4.78 is 17.1. The molecule has 164 valence electrons. The molecule has 6 heteroatoms. The van der Waals surface area contributed by atoms with Crippen LogP contribution in [0.3, 0.4) is 0 Å². The van der Waals surface area contributed by atoms with E-state index >= 15 is 0 Å². The van der Waals surface area contributed by atoms with Crippen LogP contribution in [-0.4, -0.2) is 47.9 Å². The highest BCUT2D eigenvalue weighted by Gasteiger charge is 2.12. The van der Waals surface area contributed by atoms with Gasteiger partial charge in [0.1, 0.15) is 25.1 Å². The standard InChI is InChI=1S/C25H30N2O4/c1-3-29-24-9-4-5-10-25(24)31-19-22(28)17-27(2)16-20-11-13-23(14-12-20)30-18-21-8-6-7-15-26-21/h4-15,22,28H,3,16-19H2,1-2H3/t22-/m0/s1. The largest absolute Gasteiger partial charge is 0.490 e. The minimum atomic E-state index is -0.610. The molecule has 2 aromatic carbocycles. The predicted molar refractivity (Wildman–Crippen MR) is 120 cm³/mol. The third kappa shape index (κ3) is 7.59. The zero-order chi connectivity index (χ0) is 21.9. The van der Waals surface area contributed by atoms with Crippen molar-refractivity contribution in [3.05, 3.63) is 84.2 Å². The van der Waals surface area contributed by atoms with Gasteiger partial charge in [0.2, 0.25) is 0 Å². The molecule has 0 bridgehead atoms. The number of para-hydroxylation sites is 2. The van der Waals surface area contributed by atoms with Crippen molar-refractivity contribution < 1.29 is 19.3 Å². The van der Waals surface area contributed by atoms with Crippen molar-refractivity contribution in [2.75, 3.05) is 26.8 Å². The quantitative estimate of drug-likeness (QED) is 0.477. The Morgan fingerprint density at radius 3 is 2.29 bits per heavy atom. The molecule has 0 amide bonds. The zero-order valence-corrected chi connectivity index (χ0v) is 18.1. The second kappa shape index (κ2) is 11.9. The molecular weight excluding hydrogens is 392 g/mol. The van der Waals surface area contributed by atoms with Crippen molar-refractivity contribution in [2.24, 2.45) is 0 Å². The van der Waals surface area contributed by atoms with Gasteiger partial charge in [0, 0.05) is 19.3 Å². The SMILES string of the molecule is CCOc1ccccc1OC[C@@H](O)CN(C)Cc1ccc(OCc2ccccn2)cc1. The van der Waals surface area contributed by atoms with E-state index in [9.17, 15) is 5.11 Å². The Morgan fingerprint density at radius 2 is 1.61 bits per heavy atom. The average Bonchev–Trinajstić information content (AvgIpc) is 2.79. The lowest BCUT2D eigenvalue weighted by Gasteiger charge is -2.21. The highest BCUT2D eigenvalue weighted by Crippen LogP contribution is 2.26. The number of aliphatic hydroxyl groups excluding tert-OH is 1. The fourth-order valence-electron chi connectivity index (χ4n) is 3.15. The maximum Gasteiger partial charge on any atom is 0.161 e. The summed E-state index contributed by atoms with van der Waals surface area (Å²) in [6.45, 7) is 4.35. The van der Waals surface area contributed by atoms with Gasteiger partial charge in [-0.25, -0.2) is 0 Å². The van der Waals surface area contributed by atoms with E-state index in [1.807, 2.05) is 80.7 Å². The number of nitrogens with zero attached hydrogens (tertiary/aromatic N) is 2. The molecule has 0 spiro atoms. The first-order valence-corrected chi connectivity index (χ1v) is 10.5. The van der Waals surface area contributed by atoms with Crippen molar-refractivity contribution in [2.45, 2.75) is 26.2 Å². The minimum absolute atomic E-state index is 0.203. The maximum absolute atomic E-state index is 10.4. The van der Waals surface area contributed by atoms with E-state index < -0.39 is 6.10 Å². The molecule has 0 unspecified atom stereocenters. The molecule has 0 aliphatic rings. The number of benzene rings is 2. The van der Waals surface area contributed by atoms with Crippen LogP contribution < -0.4 is 14.2 Å². The number of likely N-dealkylation sites (N-methyl/N-ethyl adjacent to an activating group) is 1. The summed E-state index contributed by atoms with van der Waals surface area (Å²) >= 11 is 0. The molecule has 0 saturated carbocycles. The number of aliphatic hydroxyl groups is 1. The zero-order valence-electron chi connectivity index (χ0n) is 18.1. The Balaban J connectivity index is 1.42. The van der Waals surface area contributed by atoms with Gasteiger partial charge >= 0.3 is 0 Å². The lowest BCUT2D eigenvalue weighted by Crippen LogP contribution is -2.32. The number of hydrogen-bond donors (Lipinski definition) is 1. The second-order valence-electron chi connectivity index (χ2n) is 7.30. The molecule has 0 fully saturated rings. The fourth-order valence-corrected chi connectivity index (χ4v) is 3.15. The van der Waals surface area contributed by atoms with Gasteiger partial charge in [-0.05, 0) is 55.9 Å². The fraction of sp³-hybridized carbons (Fsp3) is 0.320. The molecule has 3 rings (SSSR count).